The SMILES string of the molecule is O=C(NCC(F)(F)C(F)F)C1NCCc2ccccc21. The summed E-state index contributed by atoms with van der Waals surface area (Å²) >= 11 is 0. The lowest BCUT2D eigenvalue weighted by Gasteiger charge is -2.26. The summed E-state index contributed by atoms with van der Waals surface area (Å²) < 4.78 is 49.6. The monoisotopic (exact) mass is 290 g/mol. The van der Waals surface area contributed by atoms with E-state index in [9.17, 15) is 22.4 Å². The molecule has 1 amide bonds. The predicted octanol–water partition coefficient (Wildman–Crippen LogP) is 1.89. The smallest absolute Gasteiger partial charge is 0.324 e. The summed E-state index contributed by atoms with van der Waals surface area (Å²) in [6, 6.07) is 6.35. The van der Waals surface area contributed by atoms with E-state index in [2.05, 4.69) is 5.32 Å². The minimum atomic E-state index is -4.22. The second-order valence-corrected chi connectivity index (χ2v) is 4.62. The first-order valence-corrected chi connectivity index (χ1v) is 6.16. The van der Waals surface area contributed by atoms with Gasteiger partial charge in [-0.3, -0.25) is 4.79 Å². The summed E-state index contributed by atoms with van der Waals surface area (Å²) in [6.07, 6.45) is -3.07. The molecule has 0 radical (unpaired) electrons. The van der Waals surface area contributed by atoms with Crippen molar-refractivity contribution in [2.45, 2.75) is 24.8 Å². The van der Waals surface area contributed by atoms with Crippen LogP contribution in [0.5, 0.6) is 0 Å². The molecule has 1 aliphatic heterocycles. The Labute approximate surface area is 113 Å². The quantitative estimate of drug-likeness (QED) is 0.832. The maximum atomic E-state index is 12.8. The number of hydrogen-bond donors (Lipinski definition) is 2. The van der Waals surface area contributed by atoms with Crippen LogP contribution in [-0.4, -0.2) is 31.3 Å². The number of carbonyl (C=O) groups excluding carboxylic acids is 1. The highest BCUT2D eigenvalue weighted by Crippen LogP contribution is 2.24. The van der Waals surface area contributed by atoms with E-state index in [0.29, 0.717) is 12.1 Å². The molecule has 0 spiro atoms. The number of nitrogens with one attached hydrogen (secondary N) is 2. The molecule has 0 aliphatic carbocycles. The Hall–Kier alpha value is -1.63. The van der Waals surface area contributed by atoms with Crippen molar-refractivity contribution in [1.29, 1.82) is 0 Å². The zero-order chi connectivity index (χ0) is 14.8. The Bertz CT molecular complexity index is 493. The average Bonchev–Trinajstić information content (AvgIpc) is 2.44. The van der Waals surface area contributed by atoms with Gasteiger partial charge < -0.3 is 10.6 Å². The highest BCUT2D eigenvalue weighted by molar-refractivity contribution is 5.84. The van der Waals surface area contributed by atoms with Crippen LogP contribution < -0.4 is 10.6 Å². The van der Waals surface area contributed by atoms with Crippen LogP contribution >= 0.6 is 0 Å². The molecule has 20 heavy (non-hydrogen) atoms. The van der Waals surface area contributed by atoms with Gasteiger partial charge in [-0.1, -0.05) is 24.3 Å². The van der Waals surface area contributed by atoms with Gasteiger partial charge in [0.25, 0.3) is 0 Å². The summed E-state index contributed by atoms with van der Waals surface area (Å²) in [4.78, 5) is 11.9. The lowest BCUT2D eigenvalue weighted by atomic mass is 9.94. The molecule has 0 saturated heterocycles. The summed E-state index contributed by atoms with van der Waals surface area (Å²) in [5, 5.41) is 4.78. The molecular formula is C13H14F4N2O. The maximum Gasteiger partial charge on any atom is 0.324 e. The summed E-state index contributed by atoms with van der Waals surface area (Å²) in [5.41, 5.74) is 1.64. The topological polar surface area (TPSA) is 41.1 Å². The van der Waals surface area contributed by atoms with Gasteiger partial charge in [0, 0.05) is 6.54 Å². The van der Waals surface area contributed by atoms with Crippen molar-refractivity contribution in [2.75, 3.05) is 13.1 Å². The number of benzene rings is 1. The molecule has 0 aromatic heterocycles. The van der Waals surface area contributed by atoms with Crippen LogP contribution in [0.15, 0.2) is 24.3 Å². The lowest BCUT2D eigenvalue weighted by molar-refractivity contribution is -0.137. The van der Waals surface area contributed by atoms with E-state index in [1.807, 2.05) is 17.4 Å². The van der Waals surface area contributed by atoms with Crippen molar-refractivity contribution in [1.82, 2.24) is 10.6 Å². The van der Waals surface area contributed by atoms with Gasteiger partial charge in [0.1, 0.15) is 6.04 Å². The number of carbonyl (C=O) groups is 1. The molecule has 1 atom stereocenters. The van der Waals surface area contributed by atoms with E-state index >= 15 is 0 Å². The average molecular weight is 290 g/mol. The van der Waals surface area contributed by atoms with Gasteiger partial charge in [-0.05, 0) is 17.5 Å². The summed E-state index contributed by atoms with van der Waals surface area (Å²) in [6.45, 7) is -0.843. The van der Waals surface area contributed by atoms with Gasteiger partial charge in [-0.25, -0.2) is 8.78 Å². The fraction of sp³-hybridized carbons (Fsp3) is 0.462. The van der Waals surface area contributed by atoms with Crippen LogP contribution in [0.1, 0.15) is 17.2 Å². The highest BCUT2D eigenvalue weighted by atomic mass is 19.3. The minimum Gasteiger partial charge on any atom is -0.348 e. The molecular weight excluding hydrogens is 276 g/mol. The van der Waals surface area contributed by atoms with Crippen molar-refractivity contribution in [3.8, 4) is 0 Å². The summed E-state index contributed by atoms with van der Waals surface area (Å²) in [5.74, 6) is -4.94. The van der Waals surface area contributed by atoms with Gasteiger partial charge in [-0.2, -0.15) is 8.78 Å². The minimum absolute atomic E-state index is 0.528. The fourth-order valence-electron chi connectivity index (χ4n) is 2.12. The van der Waals surface area contributed by atoms with Gasteiger partial charge in [-0.15, -0.1) is 0 Å². The number of rotatable bonds is 4. The van der Waals surface area contributed by atoms with Crippen molar-refractivity contribution < 1.29 is 22.4 Å². The third-order valence-corrected chi connectivity index (χ3v) is 3.19. The molecule has 1 heterocycles. The van der Waals surface area contributed by atoms with E-state index in [1.165, 1.54) is 0 Å². The number of amides is 1. The fourth-order valence-corrected chi connectivity index (χ4v) is 2.12. The molecule has 1 aromatic carbocycles. The molecule has 110 valence electrons. The Balaban J connectivity index is 2.04. The molecule has 0 bridgehead atoms. The first kappa shape index (κ1) is 14.8. The maximum absolute atomic E-state index is 12.8. The second-order valence-electron chi connectivity index (χ2n) is 4.62. The van der Waals surface area contributed by atoms with Crippen LogP contribution in [0.3, 0.4) is 0 Å². The Kier molecular flexibility index (Phi) is 4.27. The molecule has 3 nitrogen and oxygen atoms in total. The lowest BCUT2D eigenvalue weighted by Crippen LogP contribution is -2.47. The van der Waals surface area contributed by atoms with Crippen molar-refractivity contribution in [2.24, 2.45) is 0 Å². The zero-order valence-corrected chi connectivity index (χ0v) is 10.5. The van der Waals surface area contributed by atoms with Crippen LogP contribution in [0.2, 0.25) is 0 Å². The third kappa shape index (κ3) is 3.09. The van der Waals surface area contributed by atoms with Gasteiger partial charge in [0.05, 0.1) is 6.54 Å². The Morgan fingerprint density at radius 2 is 2.10 bits per heavy atom. The van der Waals surface area contributed by atoms with E-state index < -0.39 is 30.8 Å². The standard InChI is InChI=1S/C13H14F4N2O/c14-12(15)13(16,17)7-19-11(20)10-9-4-2-1-3-8(9)5-6-18-10/h1-4,10,12,18H,5-7H2,(H,19,20). The molecule has 2 N–H and O–H groups in total. The zero-order valence-electron chi connectivity index (χ0n) is 10.5. The van der Waals surface area contributed by atoms with Crippen LogP contribution in [0.4, 0.5) is 17.6 Å². The molecule has 0 saturated carbocycles. The van der Waals surface area contributed by atoms with Gasteiger partial charge in [0.15, 0.2) is 0 Å². The van der Waals surface area contributed by atoms with Gasteiger partial charge in [0.2, 0.25) is 5.91 Å². The van der Waals surface area contributed by atoms with Gasteiger partial charge >= 0.3 is 12.3 Å². The van der Waals surface area contributed by atoms with Crippen LogP contribution in [-0.2, 0) is 11.2 Å². The summed E-state index contributed by atoms with van der Waals surface area (Å²) in [7, 11) is 0. The molecule has 1 aliphatic rings. The normalized spacial score (nSPS) is 18.8. The van der Waals surface area contributed by atoms with E-state index in [-0.39, 0.29) is 0 Å². The van der Waals surface area contributed by atoms with Crippen molar-refractivity contribution in [3.63, 3.8) is 0 Å². The first-order valence-electron chi connectivity index (χ1n) is 6.16. The highest BCUT2D eigenvalue weighted by Gasteiger charge is 2.41. The number of hydrogen-bond acceptors (Lipinski definition) is 2. The largest absolute Gasteiger partial charge is 0.348 e. The molecule has 1 aromatic rings. The predicted molar refractivity (Wildman–Crippen MR) is 64.9 cm³/mol. The number of halogens is 4. The van der Waals surface area contributed by atoms with E-state index in [1.54, 1.807) is 12.1 Å². The van der Waals surface area contributed by atoms with Crippen molar-refractivity contribution >= 4 is 5.91 Å². The Morgan fingerprint density at radius 3 is 2.80 bits per heavy atom. The van der Waals surface area contributed by atoms with E-state index in [0.717, 1.165) is 12.0 Å². The first-order chi connectivity index (χ1) is 9.42. The number of alkyl halides is 4. The second kappa shape index (κ2) is 5.78. The van der Waals surface area contributed by atoms with Crippen molar-refractivity contribution in [3.05, 3.63) is 35.4 Å². The molecule has 7 heteroatoms. The third-order valence-electron chi connectivity index (χ3n) is 3.19. The molecule has 1 unspecified atom stereocenters. The van der Waals surface area contributed by atoms with Crippen LogP contribution in [0.25, 0.3) is 0 Å². The van der Waals surface area contributed by atoms with Crippen LogP contribution in [0, 0.1) is 0 Å². The number of fused-ring (bicyclic) bond motifs is 1. The van der Waals surface area contributed by atoms with E-state index in [4.69, 9.17) is 0 Å². The molecule has 0 fully saturated rings. The molecule has 2 rings (SSSR count). The Morgan fingerprint density at radius 1 is 1.40 bits per heavy atom.